The minimum absolute atomic E-state index is 0.0254. The van der Waals surface area contributed by atoms with E-state index >= 15 is 0 Å². The first-order chi connectivity index (χ1) is 17.3. The number of nitrogens with zero attached hydrogens (tertiary/aromatic N) is 1. The van der Waals surface area contributed by atoms with Gasteiger partial charge in [0.25, 0.3) is 5.91 Å². The molecule has 194 valence electrons. The molecule has 3 nitrogen and oxygen atoms in total. The van der Waals surface area contributed by atoms with Crippen LogP contribution in [0.4, 0.5) is 17.6 Å². The van der Waals surface area contributed by atoms with Crippen molar-refractivity contribution in [3.8, 4) is 0 Å². The molecular formula is C30H30F4N2O. The molecule has 1 N–H and O–H groups in total. The number of hydrogen-bond donors (Lipinski definition) is 1. The van der Waals surface area contributed by atoms with Crippen molar-refractivity contribution in [2.24, 2.45) is 0 Å². The number of aryl methyl sites for hydroxylation is 1. The van der Waals surface area contributed by atoms with Crippen LogP contribution in [-0.4, -0.2) is 22.3 Å². The van der Waals surface area contributed by atoms with Crippen LogP contribution in [0.15, 0.2) is 66.9 Å². The van der Waals surface area contributed by atoms with E-state index in [4.69, 9.17) is 0 Å². The molecule has 0 radical (unpaired) electrons. The van der Waals surface area contributed by atoms with E-state index < -0.39 is 11.7 Å². The second-order valence-electron chi connectivity index (χ2n) is 10.4. The molecule has 1 heterocycles. The van der Waals surface area contributed by atoms with Crippen LogP contribution < -0.4 is 0 Å². The van der Waals surface area contributed by atoms with Gasteiger partial charge in [0.1, 0.15) is 5.82 Å². The van der Waals surface area contributed by atoms with Crippen molar-refractivity contribution in [1.82, 2.24) is 9.88 Å². The standard InChI is InChI=1S/C30H30F4N2O/c1-19-16-25(27-24(26(19)31)12-14-35-27)28(37)36(18-21-8-10-22(11-9-21)29(2,3)4)15-13-20-6-5-7-23(17-20)30(32,33)34/h5-12,14,16-17,35H,13,15,18H2,1-4H3. The summed E-state index contributed by atoms with van der Waals surface area (Å²) in [5.41, 5.74) is 2.87. The van der Waals surface area contributed by atoms with Crippen LogP contribution in [0.5, 0.6) is 0 Å². The molecule has 1 amide bonds. The van der Waals surface area contributed by atoms with Crippen LogP contribution in [0.25, 0.3) is 10.9 Å². The van der Waals surface area contributed by atoms with Gasteiger partial charge in [-0.15, -0.1) is 0 Å². The smallest absolute Gasteiger partial charge is 0.360 e. The molecule has 7 heteroatoms. The second kappa shape index (κ2) is 10.0. The summed E-state index contributed by atoms with van der Waals surface area (Å²) in [7, 11) is 0. The van der Waals surface area contributed by atoms with Crippen LogP contribution >= 0.6 is 0 Å². The van der Waals surface area contributed by atoms with Gasteiger partial charge in [-0.2, -0.15) is 13.2 Å². The zero-order valence-electron chi connectivity index (χ0n) is 21.3. The van der Waals surface area contributed by atoms with Crippen LogP contribution in [0.2, 0.25) is 0 Å². The summed E-state index contributed by atoms with van der Waals surface area (Å²) < 4.78 is 54.3. The van der Waals surface area contributed by atoms with Crippen LogP contribution in [0.1, 0.15) is 58.9 Å². The predicted molar refractivity (Wildman–Crippen MR) is 138 cm³/mol. The fourth-order valence-corrected chi connectivity index (χ4v) is 4.43. The van der Waals surface area contributed by atoms with E-state index in [2.05, 4.69) is 25.8 Å². The Morgan fingerprint density at radius 1 is 0.919 bits per heavy atom. The maximum Gasteiger partial charge on any atom is 0.416 e. The predicted octanol–water partition coefficient (Wildman–Crippen LogP) is 7.82. The Hall–Kier alpha value is -3.61. The molecule has 0 aliphatic rings. The molecule has 37 heavy (non-hydrogen) atoms. The van der Waals surface area contributed by atoms with Crippen molar-refractivity contribution >= 4 is 16.8 Å². The van der Waals surface area contributed by atoms with E-state index in [1.54, 1.807) is 30.2 Å². The first kappa shape index (κ1) is 26.5. The third kappa shape index (κ3) is 5.87. The van der Waals surface area contributed by atoms with Crippen LogP contribution in [-0.2, 0) is 24.6 Å². The molecule has 4 aromatic rings. The second-order valence-corrected chi connectivity index (χ2v) is 10.4. The van der Waals surface area contributed by atoms with E-state index in [0.717, 1.165) is 23.3 Å². The van der Waals surface area contributed by atoms with Crippen LogP contribution in [0.3, 0.4) is 0 Å². The number of fused-ring (bicyclic) bond motifs is 1. The third-order valence-corrected chi connectivity index (χ3v) is 6.60. The maximum absolute atomic E-state index is 14.6. The molecule has 0 atom stereocenters. The number of aromatic amines is 1. The third-order valence-electron chi connectivity index (χ3n) is 6.60. The Kier molecular flexibility index (Phi) is 7.18. The van der Waals surface area contributed by atoms with E-state index in [1.807, 2.05) is 24.3 Å². The summed E-state index contributed by atoms with van der Waals surface area (Å²) in [6.45, 7) is 8.42. The lowest BCUT2D eigenvalue weighted by molar-refractivity contribution is -0.137. The van der Waals surface area contributed by atoms with E-state index in [9.17, 15) is 22.4 Å². The Morgan fingerprint density at radius 3 is 2.27 bits per heavy atom. The fourth-order valence-electron chi connectivity index (χ4n) is 4.43. The number of benzene rings is 3. The van der Waals surface area contributed by atoms with Gasteiger partial charge < -0.3 is 9.88 Å². The monoisotopic (exact) mass is 510 g/mol. The van der Waals surface area contributed by atoms with Crippen molar-refractivity contribution in [3.63, 3.8) is 0 Å². The fraction of sp³-hybridized carbons (Fsp3) is 0.300. The number of amides is 1. The molecule has 0 saturated heterocycles. The number of alkyl halides is 3. The lowest BCUT2D eigenvalue weighted by Gasteiger charge is -2.25. The largest absolute Gasteiger partial charge is 0.416 e. The molecule has 0 spiro atoms. The average Bonchev–Trinajstić information content (AvgIpc) is 3.33. The number of carbonyl (C=O) groups is 1. The summed E-state index contributed by atoms with van der Waals surface area (Å²) in [6.07, 6.45) is -2.61. The SMILES string of the molecule is Cc1cc(C(=O)N(CCc2cccc(C(F)(F)F)c2)Cc2ccc(C(C)(C)C)cc2)c2[nH]ccc2c1F. The molecule has 0 bridgehead atoms. The van der Waals surface area contributed by atoms with Gasteiger partial charge in [-0.25, -0.2) is 4.39 Å². The van der Waals surface area contributed by atoms with Gasteiger partial charge >= 0.3 is 6.18 Å². The summed E-state index contributed by atoms with van der Waals surface area (Å²) in [4.78, 5) is 18.4. The number of aromatic nitrogens is 1. The number of nitrogens with one attached hydrogen (secondary N) is 1. The van der Waals surface area contributed by atoms with Crippen molar-refractivity contribution in [3.05, 3.63) is 106 Å². The number of rotatable bonds is 6. The Morgan fingerprint density at radius 2 is 1.62 bits per heavy atom. The maximum atomic E-state index is 14.6. The topological polar surface area (TPSA) is 36.1 Å². The van der Waals surface area contributed by atoms with E-state index in [-0.39, 0.29) is 36.6 Å². The lowest BCUT2D eigenvalue weighted by Crippen LogP contribution is -2.33. The summed E-state index contributed by atoms with van der Waals surface area (Å²) in [6, 6.07) is 16.2. The van der Waals surface area contributed by atoms with Gasteiger partial charge in [-0.05, 0) is 59.2 Å². The van der Waals surface area contributed by atoms with Gasteiger partial charge in [0.15, 0.2) is 0 Å². The van der Waals surface area contributed by atoms with E-state index in [0.29, 0.717) is 27.6 Å². The normalized spacial score (nSPS) is 12.2. The highest BCUT2D eigenvalue weighted by Gasteiger charge is 2.30. The molecule has 3 aromatic carbocycles. The summed E-state index contributed by atoms with van der Waals surface area (Å²) in [5.74, 6) is -0.705. The van der Waals surface area contributed by atoms with Gasteiger partial charge in [0.2, 0.25) is 0 Å². The molecule has 0 fully saturated rings. The minimum Gasteiger partial charge on any atom is -0.360 e. The first-order valence-electron chi connectivity index (χ1n) is 12.2. The van der Waals surface area contributed by atoms with Crippen molar-refractivity contribution in [2.75, 3.05) is 6.54 Å². The lowest BCUT2D eigenvalue weighted by atomic mass is 9.87. The molecule has 0 aliphatic carbocycles. The van der Waals surface area contributed by atoms with Gasteiger partial charge in [0.05, 0.1) is 16.6 Å². The van der Waals surface area contributed by atoms with Gasteiger partial charge in [-0.3, -0.25) is 4.79 Å². The highest BCUT2D eigenvalue weighted by atomic mass is 19.4. The van der Waals surface area contributed by atoms with Gasteiger partial charge in [0, 0.05) is 24.7 Å². The number of halogens is 4. The first-order valence-corrected chi connectivity index (χ1v) is 12.2. The Labute approximate surface area is 214 Å². The molecule has 1 aromatic heterocycles. The summed E-state index contributed by atoms with van der Waals surface area (Å²) in [5, 5.41) is 0.329. The Bertz CT molecular complexity index is 1410. The van der Waals surface area contributed by atoms with Gasteiger partial charge in [-0.1, -0.05) is 63.2 Å². The molecule has 4 rings (SSSR count). The zero-order valence-corrected chi connectivity index (χ0v) is 21.3. The number of carbonyl (C=O) groups excluding carboxylic acids is 1. The molecule has 0 saturated carbocycles. The molecular weight excluding hydrogens is 480 g/mol. The highest BCUT2D eigenvalue weighted by molar-refractivity contribution is 6.06. The average molecular weight is 511 g/mol. The van der Waals surface area contributed by atoms with Crippen molar-refractivity contribution < 1.29 is 22.4 Å². The van der Waals surface area contributed by atoms with E-state index in [1.165, 1.54) is 12.1 Å². The van der Waals surface area contributed by atoms with Crippen LogP contribution in [0, 0.1) is 12.7 Å². The number of hydrogen-bond acceptors (Lipinski definition) is 1. The Balaban J connectivity index is 1.66. The van der Waals surface area contributed by atoms with Crippen molar-refractivity contribution in [2.45, 2.75) is 52.3 Å². The zero-order chi connectivity index (χ0) is 27.0. The molecule has 0 aliphatic heterocycles. The summed E-state index contributed by atoms with van der Waals surface area (Å²) >= 11 is 0. The quantitative estimate of drug-likeness (QED) is 0.264. The molecule has 0 unspecified atom stereocenters. The number of H-pyrrole nitrogens is 1. The highest BCUT2D eigenvalue weighted by Crippen LogP contribution is 2.30. The minimum atomic E-state index is -4.44. The van der Waals surface area contributed by atoms with Crippen molar-refractivity contribution in [1.29, 1.82) is 0 Å².